The molecular weight excluding hydrogens is 262 g/mol. The highest BCUT2D eigenvalue weighted by molar-refractivity contribution is 6.10. The number of Topliss-reactive ketones (excluding diaryl/α,β-unsaturated/α-hetero) is 1. The van der Waals surface area contributed by atoms with Crippen molar-refractivity contribution in [1.29, 1.82) is 0 Å². The van der Waals surface area contributed by atoms with Crippen molar-refractivity contribution in [2.45, 2.75) is 26.3 Å². The van der Waals surface area contributed by atoms with E-state index in [2.05, 4.69) is 14.5 Å². The normalized spacial score (nSPS) is 18.1. The summed E-state index contributed by atoms with van der Waals surface area (Å²) in [5.41, 5.74) is 3.06. The molecule has 0 saturated heterocycles. The Kier molecular flexibility index (Phi) is 2.70. The molecule has 0 unspecified atom stereocenters. The number of carbonyl (C=O) groups is 1. The number of para-hydroxylation sites is 1. The molecule has 0 fully saturated rings. The lowest BCUT2D eigenvalue weighted by molar-refractivity contribution is 0.0889. The maximum atomic E-state index is 12.9. The second kappa shape index (κ2) is 4.58. The van der Waals surface area contributed by atoms with Crippen LogP contribution in [0.1, 0.15) is 28.3 Å². The molecular formula is C17H17N3O. The first-order valence-electron chi connectivity index (χ1n) is 7.35. The van der Waals surface area contributed by atoms with Crippen LogP contribution in [0.3, 0.4) is 0 Å². The number of fused-ring (bicyclic) bond motifs is 3. The van der Waals surface area contributed by atoms with Gasteiger partial charge in [0.2, 0.25) is 0 Å². The number of nitrogens with one attached hydrogen (secondary N) is 1. The molecule has 1 N–H and O–H groups in total. The molecule has 4 rings (SSSR count). The van der Waals surface area contributed by atoms with Crippen LogP contribution in [0.5, 0.6) is 0 Å². The Morgan fingerprint density at radius 3 is 3.05 bits per heavy atom. The number of imidazole rings is 1. The Morgan fingerprint density at radius 1 is 1.38 bits per heavy atom. The fraction of sp³-hybridized carbons (Fsp3) is 0.294. The quantitative estimate of drug-likeness (QED) is 0.783. The molecule has 0 amide bonds. The van der Waals surface area contributed by atoms with Crippen molar-refractivity contribution in [2.75, 3.05) is 0 Å². The number of hydrogen-bond donors (Lipinski definition) is 1. The summed E-state index contributed by atoms with van der Waals surface area (Å²) in [6.07, 6.45) is 5.58. The van der Waals surface area contributed by atoms with Crippen molar-refractivity contribution in [2.24, 2.45) is 5.92 Å². The average Bonchev–Trinajstić information content (AvgIpc) is 3.06. The van der Waals surface area contributed by atoms with E-state index in [0.29, 0.717) is 0 Å². The largest absolute Gasteiger partial charge is 0.358 e. The van der Waals surface area contributed by atoms with Crippen molar-refractivity contribution in [1.82, 2.24) is 14.5 Å². The molecule has 3 aromatic rings. The number of ketones is 1. The number of H-pyrrole nitrogens is 1. The van der Waals surface area contributed by atoms with Crippen molar-refractivity contribution in [3.63, 3.8) is 0 Å². The molecule has 1 aromatic carbocycles. The van der Waals surface area contributed by atoms with Crippen LogP contribution in [-0.4, -0.2) is 20.3 Å². The molecule has 0 aliphatic heterocycles. The highest BCUT2D eigenvalue weighted by Crippen LogP contribution is 2.32. The highest BCUT2D eigenvalue weighted by atomic mass is 16.1. The molecule has 1 aliphatic carbocycles. The van der Waals surface area contributed by atoms with E-state index in [1.807, 2.05) is 37.4 Å². The zero-order valence-corrected chi connectivity index (χ0v) is 12.0. The van der Waals surface area contributed by atoms with E-state index >= 15 is 0 Å². The lowest BCUT2D eigenvalue weighted by Crippen LogP contribution is -2.26. The number of benzene rings is 1. The van der Waals surface area contributed by atoms with Gasteiger partial charge in [-0.05, 0) is 25.8 Å². The molecule has 1 aliphatic rings. The predicted molar refractivity (Wildman–Crippen MR) is 81.4 cm³/mol. The first kappa shape index (κ1) is 12.4. The van der Waals surface area contributed by atoms with Crippen molar-refractivity contribution >= 4 is 16.7 Å². The van der Waals surface area contributed by atoms with Gasteiger partial charge in [0.15, 0.2) is 5.78 Å². The van der Waals surface area contributed by atoms with Crippen LogP contribution in [0.25, 0.3) is 10.9 Å². The Labute approximate surface area is 122 Å². The molecule has 106 valence electrons. The van der Waals surface area contributed by atoms with Crippen LogP contribution >= 0.6 is 0 Å². The van der Waals surface area contributed by atoms with Gasteiger partial charge >= 0.3 is 0 Å². The number of aromatic nitrogens is 3. The van der Waals surface area contributed by atoms with Gasteiger partial charge in [-0.15, -0.1) is 0 Å². The monoisotopic (exact) mass is 279 g/mol. The molecule has 0 bridgehead atoms. The smallest absolute Gasteiger partial charge is 0.170 e. The number of hydrogen-bond acceptors (Lipinski definition) is 2. The Balaban J connectivity index is 1.73. The molecule has 0 saturated carbocycles. The average molecular weight is 279 g/mol. The van der Waals surface area contributed by atoms with Gasteiger partial charge in [-0.1, -0.05) is 18.2 Å². The third-order valence-electron chi connectivity index (χ3n) is 4.48. The fourth-order valence-corrected chi connectivity index (χ4v) is 3.33. The summed E-state index contributed by atoms with van der Waals surface area (Å²) in [6, 6.07) is 8.07. The van der Waals surface area contributed by atoms with Crippen molar-refractivity contribution in [3.05, 3.63) is 53.7 Å². The molecule has 2 heterocycles. The molecule has 0 radical (unpaired) electrons. The summed E-state index contributed by atoms with van der Waals surface area (Å²) >= 11 is 0. The zero-order valence-electron chi connectivity index (χ0n) is 12.0. The van der Waals surface area contributed by atoms with Gasteiger partial charge in [-0.3, -0.25) is 4.79 Å². The number of aryl methyl sites for hydroxylation is 2. The van der Waals surface area contributed by atoms with Crippen LogP contribution in [0, 0.1) is 12.8 Å². The Hall–Kier alpha value is -2.36. The second-order valence-corrected chi connectivity index (χ2v) is 5.75. The summed E-state index contributed by atoms with van der Waals surface area (Å²) in [5, 5.41) is 1.06. The van der Waals surface area contributed by atoms with E-state index < -0.39 is 0 Å². The first-order chi connectivity index (χ1) is 10.2. The third-order valence-corrected chi connectivity index (χ3v) is 4.48. The number of rotatable bonds is 2. The van der Waals surface area contributed by atoms with Crippen molar-refractivity contribution in [3.8, 4) is 0 Å². The maximum absolute atomic E-state index is 12.9. The van der Waals surface area contributed by atoms with Crippen LogP contribution in [0.4, 0.5) is 0 Å². The molecule has 2 aromatic heterocycles. The lowest BCUT2D eigenvalue weighted by Gasteiger charge is -2.22. The molecule has 0 spiro atoms. The standard InChI is InChI=1S/C17H17N3O/c1-11-18-8-9-20(11)10-12-6-7-15-16(17(12)21)13-4-2-3-5-14(13)19-15/h2-5,8-9,12,19H,6-7,10H2,1H3/t12-/m0/s1. The minimum Gasteiger partial charge on any atom is -0.358 e. The topological polar surface area (TPSA) is 50.7 Å². The number of aromatic amines is 1. The van der Waals surface area contributed by atoms with Gasteiger partial charge < -0.3 is 9.55 Å². The zero-order chi connectivity index (χ0) is 14.4. The van der Waals surface area contributed by atoms with E-state index in [4.69, 9.17) is 0 Å². The third kappa shape index (κ3) is 1.90. The van der Waals surface area contributed by atoms with E-state index in [-0.39, 0.29) is 11.7 Å². The Bertz CT molecular complexity index is 828. The van der Waals surface area contributed by atoms with Crippen LogP contribution in [-0.2, 0) is 13.0 Å². The fourth-order valence-electron chi connectivity index (χ4n) is 3.33. The molecule has 4 heteroatoms. The van der Waals surface area contributed by atoms with Gasteiger partial charge in [-0.2, -0.15) is 0 Å². The van der Waals surface area contributed by atoms with Gasteiger partial charge in [0, 0.05) is 47.0 Å². The minimum atomic E-state index is 0.0459. The van der Waals surface area contributed by atoms with Crippen LogP contribution in [0.15, 0.2) is 36.7 Å². The minimum absolute atomic E-state index is 0.0459. The van der Waals surface area contributed by atoms with Crippen molar-refractivity contribution < 1.29 is 4.79 Å². The number of carbonyl (C=O) groups excluding carboxylic acids is 1. The van der Waals surface area contributed by atoms with Gasteiger partial charge in [-0.25, -0.2) is 4.98 Å². The lowest BCUT2D eigenvalue weighted by atomic mass is 9.85. The predicted octanol–water partition coefficient (Wildman–Crippen LogP) is 3.12. The van der Waals surface area contributed by atoms with Crippen LogP contribution < -0.4 is 0 Å². The molecule has 4 nitrogen and oxygen atoms in total. The molecule has 21 heavy (non-hydrogen) atoms. The van der Waals surface area contributed by atoms with E-state index in [9.17, 15) is 4.79 Å². The van der Waals surface area contributed by atoms with E-state index in [1.165, 1.54) is 0 Å². The summed E-state index contributed by atoms with van der Waals surface area (Å²) < 4.78 is 2.07. The van der Waals surface area contributed by atoms with Gasteiger partial charge in [0.1, 0.15) is 5.82 Å². The maximum Gasteiger partial charge on any atom is 0.170 e. The summed E-state index contributed by atoms with van der Waals surface area (Å²) in [6.45, 7) is 2.70. The summed E-state index contributed by atoms with van der Waals surface area (Å²) in [4.78, 5) is 20.5. The van der Waals surface area contributed by atoms with E-state index in [0.717, 1.165) is 47.4 Å². The highest BCUT2D eigenvalue weighted by Gasteiger charge is 2.30. The SMILES string of the molecule is Cc1nccn1C[C@@H]1CCc2[nH]c3ccccc3c2C1=O. The van der Waals surface area contributed by atoms with Gasteiger partial charge in [0.05, 0.1) is 0 Å². The second-order valence-electron chi connectivity index (χ2n) is 5.75. The van der Waals surface area contributed by atoms with Gasteiger partial charge in [0.25, 0.3) is 0 Å². The first-order valence-corrected chi connectivity index (χ1v) is 7.35. The number of nitrogens with zero attached hydrogens (tertiary/aromatic N) is 2. The summed E-state index contributed by atoms with van der Waals surface area (Å²) in [5.74, 6) is 1.28. The molecule has 1 atom stereocenters. The van der Waals surface area contributed by atoms with Crippen LogP contribution in [0.2, 0.25) is 0 Å². The van der Waals surface area contributed by atoms with E-state index in [1.54, 1.807) is 6.20 Å². The summed E-state index contributed by atoms with van der Waals surface area (Å²) in [7, 11) is 0. The Morgan fingerprint density at radius 2 is 2.24 bits per heavy atom.